The normalized spacial score (nSPS) is 11.3. The number of benzene rings is 2. The first-order chi connectivity index (χ1) is 15.7. The van der Waals surface area contributed by atoms with Crippen molar-refractivity contribution >= 4 is 45.2 Å². The van der Waals surface area contributed by atoms with E-state index in [0.29, 0.717) is 36.1 Å². The van der Waals surface area contributed by atoms with Crippen LogP contribution in [0.25, 0.3) is 21.9 Å². The molecule has 0 aliphatic carbocycles. The summed E-state index contributed by atoms with van der Waals surface area (Å²) in [7, 11) is 0. The van der Waals surface area contributed by atoms with Crippen molar-refractivity contribution < 1.29 is 9.13 Å². The predicted molar refractivity (Wildman–Crippen MR) is 121 cm³/mol. The Hall–Kier alpha value is -3.72. The van der Waals surface area contributed by atoms with Crippen LogP contribution in [-0.2, 0) is 6.42 Å². The second-order valence-electron chi connectivity index (χ2n) is 7.22. The first-order valence-electron chi connectivity index (χ1n) is 10.1. The largest absolute Gasteiger partial charge is 0.493 e. The lowest BCUT2D eigenvalue weighted by molar-refractivity contribution is 0.318. The van der Waals surface area contributed by atoms with Gasteiger partial charge in [0, 0.05) is 35.5 Å². The summed E-state index contributed by atoms with van der Waals surface area (Å²) in [5.41, 5.74) is 2.99. The average molecular weight is 452 g/mol. The van der Waals surface area contributed by atoms with Gasteiger partial charge in [0.05, 0.1) is 23.2 Å². The minimum absolute atomic E-state index is 0.299. The molecule has 0 unspecified atom stereocenters. The van der Waals surface area contributed by atoms with Gasteiger partial charge in [-0.3, -0.25) is 5.10 Å². The third kappa shape index (κ3) is 4.33. The van der Waals surface area contributed by atoms with E-state index in [4.69, 9.17) is 16.3 Å². The van der Waals surface area contributed by atoms with Crippen molar-refractivity contribution in [2.45, 2.75) is 12.8 Å². The van der Waals surface area contributed by atoms with Crippen LogP contribution in [0.3, 0.4) is 0 Å². The number of fused-ring (bicyclic) bond motifs is 2. The van der Waals surface area contributed by atoms with E-state index in [1.807, 2.05) is 24.3 Å². The maximum Gasteiger partial charge on any atom is 0.153 e. The SMILES string of the molecule is Fc1ccc2nc(Cc3cc(Nc4ncnc5cc(OCCCCl)ccc45)n[nH]3)[nH]c2c1. The summed E-state index contributed by atoms with van der Waals surface area (Å²) in [6, 6.07) is 12.0. The van der Waals surface area contributed by atoms with Crippen molar-refractivity contribution in [2.75, 3.05) is 17.8 Å². The molecular formula is C22H19ClFN7O. The smallest absolute Gasteiger partial charge is 0.153 e. The molecule has 8 nitrogen and oxygen atoms in total. The molecule has 3 aromatic heterocycles. The van der Waals surface area contributed by atoms with Crippen molar-refractivity contribution in [1.82, 2.24) is 30.1 Å². The van der Waals surface area contributed by atoms with Crippen LogP contribution in [0.1, 0.15) is 17.9 Å². The fraction of sp³-hybridized carbons (Fsp3) is 0.182. The number of hydrogen-bond acceptors (Lipinski definition) is 6. The molecule has 0 spiro atoms. The zero-order valence-electron chi connectivity index (χ0n) is 16.9. The highest BCUT2D eigenvalue weighted by atomic mass is 35.5. The van der Waals surface area contributed by atoms with Crippen molar-refractivity contribution in [3.8, 4) is 5.75 Å². The van der Waals surface area contributed by atoms with Crippen molar-refractivity contribution in [2.24, 2.45) is 0 Å². The zero-order valence-corrected chi connectivity index (χ0v) is 17.7. The molecule has 0 radical (unpaired) electrons. The number of hydrogen-bond donors (Lipinski definition) is 3. The van der Waals surface area contributed by atoms with E-state index in [-0.39, 0.29) is 5.82 Å². The number of anilines is 2. The number of nitrogens with zero attached hydrogens (tertiary/aromatic N) is 4. The van der Waals surface area contributed by atoms with E-state index >= 15 is 0 Å². The molecule has 32 heavy (non-hydrogen) atoms. The minimum Gasteiger partial charge on any atom is -0.493 e. The Morgan fingerprint density at radius 3 is 2.91 bits per heavy atom. The predicted octanol–water partition coefficient (Wildman–Crippen LogP) is 4.71. The second-order valence-corrected chi connectivity index (χ2v) is 7.60. The van der Waals surface area contributed by atoms with Gasteiger partial charge in [-0.1, -0.05) is 0 Å². The van der Waals surface area contributed by atoms with Crippen LogP contribution in [0.4, 0.5) is 16.0 Å². The first-order valence-corrected chi connectivity index (χ1v) is 10.6. The Kier molecular flexibility index (Phi) is 5.55. The number of aromatic nitrogens is 6. The fourth-order valence-electron chi connectivity index (χ4n) is 3.41. The van der Waals surface area contributed by atoms with Gasteiger partial charge in [0.25, 0.3) is 0 Å². The molecular weight excluding hydrogens is 433 g/mol. The second kappa shape index (κ2) is 8.80. The molecule has 0 saturated heterocycles. The molecule has 3 N–H and O–H groups in total. The summed E-state index contributed by atoms with van der Waals surface area (Å²) >= 11 is 5.70. The van der Waals surface area contributed by atoms with Gasteiger partial charge in [-0.2, -0.15) is 5.10 Å². The van der Waals surface area contributed by atoms with Crippen LogP contribution in [-0.4, -0.2) is 42.6 Å². The van der Waals surface area contributed by atoms with E-state index < -0.39 is 0 Å². The number of H-pyrrole nitrogens is 2. The Morgan fingerprint density at radius 1 is 1.06 bits per heavy atom. The van der Waals surface area contributed by atoms with E-state index in [1.54, 1.807) is 6.07 Å². The monoisotopic (exact) mass is 451 g/mol. The topological polar surface area (TPSA) is 104 Å². The van der Waals surface area contributed by atoms with E-state index in [0.717, 1.165) is 40.1 Å². The number of ether oxygens (including phenoxy) is 1. The molecule has 0 bridgehead atoms. The Morgan fingerprint density at radius 2 is 2.00 bits per heavy atom. The molecule has 0 aliphatic heterocycles. The number of halogens is 2. The molecule has 0 aliphatic rings. The molecule has 162 valence electrons. The first kappa shape index (κ1) is 20.2. The van der Waals surface area contributed by atoms with Crippen LogP contribution >= 0.6 is 11.6 Å². The Balaban J connectivity index is 1.32. The summed E-state index contributed by atoms with van der Waals surface area (Å²) < 4.78 is 19.1. The van der Waals surface area contributed by atoms with Crippen LogP contribution in [0.2, 0.25) is 0 Å². The Labute approximate surface area is 187 Å². The van der Waals surface area contributed by atoms with Crippen molar-refractivity contribution in [3.63, 3.8) is 0 Å². The molecule has 10 heteroatoms. The van der Waals surface area contributed by atoms with E-state index in [2.05, 4.69) is 35.5 Å². The summed E-state index contributed by atoms with van der Waals surface area (Å²) in [6.45, 7) is 0.557. The third-order valence-corrected chi connectivity index (χ3v) is 5.15. The highest BCUT2D eigenvalue weighted by Crippen LogP contribution is 2.26. The molecule has 3 heterocycles. The molecule has 0 fully saturated rings. The van der Waals surface area contributed by atoms with Gasteiger partial charge in [-0.15, -0.1) is 11.6 Å². The molecule has 0 saturated carbocycles. The average Bonchev–Trinajstić information content (AvgIpc) is 3.40. The maximum absolute atomic E-state index is 13.4. The summed E-state index contributed by atoms with van der Waals surface area (Å²) in [4.78, 5) is 16.3. The van der Waals surface area contributed by atoms with Crippen LogP contribution in [0.15, 0.2) is 48.8 Å². The highest BCUT2D eigenvalue weighted by Gasteiger charge is 2.10. The molecule has 5 rings (SSSR count). The summed E-state index contributed by atoms with van der Waals surface area (Å²) in [6.07, 6.45) is 2.77. The summed E-state index contributed by atoms with van der Waals surface area (Å²) in [5.74, 6) is 2.97. The fourth-order valence-corrected chi connectivity index (χ4v) is 3.52. The molecule has 2 aromatic carbocycles. The van der Waals surface area contributed by atoms with Crippen molar-refractivity contribution in [3.05, 3.63) is 66.1 Å². The van der Waals surface area contributed by atoms with Gasteiger partial charge >= 0.3 is 0 Å². The lowest BCUT2D eigenvalue weighted by atomic mass is 10.2. The van der Waals surface area contributed by atoms with Crippen LogP contribution in [0, 0.1) is 5.82 Å². The zero-order chi connectivity index (χ0) is 21.9. The lowest BCUT2D eigenvalue weighted by Crippen LogP contribution is -1.99. The van der Waals surface area contributed by atoms with E-state index in [1.165, 1.54) is 18.5 Å². The quantitative estimate of drug-likeness (QED) is 0.233. The number of alkyl halides is 1. The highest BCUT2D eigenvalue weighted by molar-refractivity contribution is 6.17. The van der Waals surface area contributed by atoms with Gasteiger partial charge in [0.1, 0.15) is 29.5 Å². The van der Waals surface area contributed by atoms with Crippen LogP contribution < -0.4 is 10.1 Å². The van der Waals surface area contributed by atoms with Gasteiger partial charge in [-0.05, 0) is 36.8 Å². The number of rotatable bonds is 8. The lowest BCUT2D eigenvalue weighted by Gasteiger charge is -2.08. The maximum atomic E-state index is 13.4. The standard InChI is InChI=1S/C22H19ClFN7O/c23-6-1-7-32-15-3-4-16-18(11-15)25-12-26-22(16)29-21-10-14(30-31-21)9-20-27-17-5-2-13(24)8-19(17)28-20/h2-5,8,10-12H,1,6-7,9H2,(H,27,28)(H2,25,26,29,30,31). The number of nitrogens with one attached hydrogen (secondary N) is 3. The number of aromatic amines is 2. The molecule has 0 atom stereocenters. The number of imidazole rings is 1. The summed E-state index contributed by atoms with van der Waals surface area (Å²) in [5, 5.41) is 11.4. The van der Waals surface area contributed by atoms with Crippen LogP contribution in [0.5, 0.6) is 5.75 Å². The van der Waals surface area contributed by atoms with Gasteiger partial charge in [0.2, 0.25) is 0 Å². The molecule has 0 amide bonds. The Bertz CT molecular complexity index is 1380. The molecule has 5 aromatic rings. The van der Waals surface area contributed by atoms with Gasteiger partial charge in [0.15, 0.2) is 5.82 Å². The van der Waals surface area contributed by atoms with E-state index in [9.17, 15) is 4.39 Å². The third-order valence-electron chi connectivity index (χ3n) is 4.88. The van der Waals surface area contributed by atoms with Crippen molar-refractivity contribution in [1.29, 1.82) is 0 Å². The van der Waals surface area contributed by atoms with Gasteiger partial charge < -0.3 is 15.0 Å². The van der Waals surface area contributed by atoms with Gasteiger partial charge in [-0.25, -0.2) is 19.3 Å². The minimum atomic E-state index is -0.299.